The van der Waals surface area contributed by atoms with Crippen LogP contribution in [0, 0.1) is 5.92 Å². The second-order valence-electron chi connectivity index (χ2n) is 9.28. The fourth-order valence-corrected chi connectivity index (χ4v) is 5.42. The van der Waals surface area contributed by atoms with E-state index in [-0.39, 0.29) is 5.92 Å². The van der Waals surface area contributed by atoms with Gasteiger partial charge < -0.3 is 0 Å². The van der Waals surface area contributed by atoms with Crippen LogP contribution in [-0.4, -0.2) is 0 Å². The monoisotopic (exact) mass is 406 g/mol. The van der Waals surface area contributed by atoms with Gasteiger partial charge in [0.25, 0.3) is 0 Å². The second kappa shape index (κ2) is 8.71. The summed E-state index contributed by atoms with van der Waals surface area (Å²) in [5, 5.41) is 0. The van der Waals surface area contributed by atoms with E-state index in [0.717, 1.165) is 31.3 Å². The molecular formula is C31H34. The van der Waals surface area contributed by atoms with Crippen LogP contribution >= 0.6 is 0 Å². The molecule has 0 spiro atoms. The molecule has 2 unspecified atom stereocenters. The molecule has 0 radical (unpaired) electrons. The maximum atomic E-state index is 4.63. The van der Waals surface area contributed by atoms with Crippen molar-refractivity contribution in [1.29, 1.82) is 0 Å². The molecule has 1 aromatic rings. The van der Waals surface area contributed by atoms with Gasteiger partial charge in [-0.1, -0.05) is 104 Å². The van der Waals surface area contributed by atoms with Crippen molar-refractivity contribution >= 4 is 5.57 Å². The van der Waals surface area contributed by atoms with Crippen LogP contribution in [0.2, 0.25) is 0 Å². The molecule has 3 aliphatic rings. The molecule has 0 saturated heterocycles. The third-order valence-electron chi connectivity index (χ3n) is 6.88. The van der Waals surface area contributed by atoms with E-state index in [1.807, 2.05) is 0 Å². The summed E-state index contributed by atoms with van der Waals surface area (Å²) in [7, 11) is 0. The SMILES string of the molecule is C=C(CCC)C1=C(C)C=C2CC(=CC3=CC=CC3)C(=C)C2C1c1cccc(C(=C)C)c1. The van der Waals surface area contributed by atoms with Crippen molar-refractivity contribution in [2.24, 2.45) is 5.92 Å². The van der Waals surface area contributed by atoms with Crippen molar-refractivity contribution in [2.45, 2.75) is 52.4 Å². The van der Waals surface area contributed by atoms with Gasteiger partial charge in [0, 0.05) is 11.8 Å². The van der Waals surface area contributed by atoms with Gasteiger partial charge in [-0.3, -0.25) is 0 Å². The predicted molar refractivity (Wildman–Crippen MR) is 136 cm³/mol. The Hall–Kier alpha value is -2.86. The van der Waals surface area contributed by atoms with Crippen molar-refractivity contribution in [3.63, 3.8) is 0 Å². The summed E-state index contributed by atoms with van der Waals surface area (Å²) in [6.45, 7) is 19.9. The van der Waals surface area contributed by atoms with Gasteiger partial charge in [0.1, 0.15) is 0 Å². The molecule has 0 aliphatic heterocycles. The Morgan fingerprint density at radius 3 is 2.68 bits per heavy atom. The van der Waals surface area contributed by atoms with E-state index >= 15 is 0 Å². The van der Waals surface area contributed by atoms with Crippen molar-refractivity contribution in [1.82, 2.24) is 0 Å². The average Bonchev–Trinajstić information content (AvgIpc) is 3.35. The lowest BCUT2D eigenvalue weighted by molar-refractivity contribution is 0.619. The lowest BCUT2D eigenvalue weighted by atomic mass is 9.69. The van der Waals surface area contributed by atoms with E-state index in [1.54, 1.807) is 0 Å². The van der Waals surface area contributed by atoms with Gasteiger partial charge in [-0.2, -0.15) is 0 Å². The highest BCUT2D eigenvalue weighted by Crippen LogP contribution is 2.55. The lowest BCUT2D eigenvalue weighted by Gasteiger charge is -2.35. The fraction of sp³-hybridized carbons (Fsp3) is 0.290. The van der Waals surface area contributed by atoms with Crippen LogP contribution in [0.15, 0.2) is 113 Å². The molecule has 3 aliphatic carbocycles. The molecule has 0 bridgehead atoms. The van der Waals surface area contributed by atoms with E-state index in [4.69, 9.17) is 0 Å². The van der Waals surface area contributed by atoms with Gasteiger partial charge in [-0.15, -0.1) is 0 Å². The Morgan fingerprint density at radius 2 is 2.00 bits per heavy atom. The maximum absolute atomic E-state index is 4.63. The minimum absolute atomic E-state index is 0.271. The number of fused-ring (bicyclic) bond motifs is 1. The minimum Gasteiger partial charge on any atom is -0.0955 e. The predicted octanol–water partition coefficient (Wildman–Crippen LogP) is 8.80. The molecule has 0 aromatic heterocycles. The molecule has 4 rings (SSSR count). The standard InChI is InChI=1S/C31H34/c1-7-11-21(4)29-22(5)16-28-19-27(17-24-12-8-9-13-24)23(6)30(28)31(29)26-15-10-14-25(18-26)20(2)3/h8-10,12,14-18,30-31H,2,4,6-7,11,13,19H2,1,3,5H3. The van der Waals surface area contributed by atoms with Crippen molar-refractivity contribution in [3.8, 4) is 0 Å². The molecule has 0 nitrogen and oxygen atoms in total. The highest BCUT2D eigenvalue weighted by atomic mass is 14.4. The van der Waals surface area contributed by atoms with Gasteiger partial charge in [-0.25, -0.2) is 0 Å². The fourth-order valence-electron chi connectivity index (χ4n) is 5.42. The average molecular weight is 407 g/mol. The molecule has 0 heterocycles. The molecule has 1 saturated carbocycles. The maximum Gasteiger partial charge on any atom is 0.0201 e. The van der Waals surface area contributed by atoms with Crippen molar-refractivity contribution in [3.05, 3.63) is 125 Å². The van der Waals surface area contributed by atoms with Gasteiger partial charge >= 0.3 is 0 Å². The molecule has 1 aromatic carbocycles. The van der Waals surface area contributed by atoms with E-state index in [0.29, 0.717) is 5.92 Å². The summed E-state index contributed by atoms with van der Waals surface area (Å²) < 4.78 is 0. The molecule has 158 valence electrons. The van der Waals surface area contributed by atoms with E-state index in [1.165, 1.54) is 50.1 Å². The molecule has 2 atom stereocenters. The van der Waals surface area contributed by atoms with Crippen LogP contribution in [-0.2, 0) is 0 Å². The summed E-state index contributed by atoms with van der Waals surface area (Å²) in [5.74, 6) is 0.585. The van der Waals surface area contributed by atoms with Crippen LogP contribution < -0.4 is 0 Å². The quantitative estimate of drug-likeness (QED) is 0.443. The largest absolute Gasteiger partial charge is 0.0955 e. The van der Waals surface area contributed by atoms with Gasteiger partial charge in [0.05, 0.1) is 0 Å². The third-order valence-corrected chi connectivity index (χ3v) is 6.88. The summed E-state index contributed by atoms with van der Waals surface area (Å²) in [6.07, 6.45) is 15.6. The number of benzene rings is 1. The van der Waals surface area contributed by atoms with Gasteiger partial charge in [-0.05, 0) is 72.1 Å². The normalized spacial score (nSPS) is 23.8. The molecule has 0 heteroatoms. The molecule has 1 fully saturated rings. The number of rotatable bonds is 6. The molecule has 0 amide bonds. The van der Waals surface area contributed by atoms with Crippen LogP contribution in [0.3, 0.4) is 0 Å². The summed E-state index contributed by atoms with van der Waals surface area (Å²) in [6, 6.07) is 8.96. The summed E-state index contributed by atoms with van der Waals surface area (Å²) in [4.78, 5) is 0. The van der Waals surface area contributed by atoms with E-state index in [2.05, 4.69) is 95.2 Å². The van der Waals surface area contributed by atoms with Crippen LogP contribution in [0.1, 0.15) is 63.5 Å². The zero-order valence-electron chi connectivity index (χ0n) is 19.3. The Balaban J connectivity index is 1.82. The molecule has 31 heavy (non-hydrogen) atoms. The first-order valence-electron chi connectivity index (χ1n) is 11.5. The van der Waals surface area contributed by atoms with Gasteiger partial charge in [0.15, 0.2) is 0 Å². The first kappa shape index (κ1) is 21.4. The highest BCUT2D eigenvalue weighted by molar-refractivity contribution is 5.65. The van der Waals surface area contributed by atoms with Crippen molar-refractivity contribution in [2.75, 3.05) is 0 Å². The van der Waals surface area contributed by atoms with Gasteiger partial charge in [0.2, 0.25) is 0 Å². The third kappa shape index (κ3) is 4.04. The zero-order valence-corrected chi connectivity index (χ0v) is 19.3. The van der Waals surface area contributed by atoms with Crippen LogP contribution in [0.5, 0.6) is 0 Å². The summed E-state index contributed by atoms with van der Waals surface area (Å²) in [5.41, 5.74) is 13.3. The highest BCUT2D eigenvalue weighted by Gasteiger charge is 2.40. The molecule has 0 N–H and O–H groups in total. The van der Waals surface area contributed by atoms with E-state index in [9.17, 15) is 0 Å². The number of hydrogen-bond donors (Lipinski definition) is 0. The Morgan fingerprint density at radius 1 is 1.19 bits per heavy atom. The Labute approximate surface area is 188 Å². The van der Waals surface area contributed by atoms with Crippen LogP contribution in [0.4, 0.5) is 0 Å². The first-order valence-corrected chi connectivity index (χ1v) is 11.5. The molecular weight excluding hydrogens is 372 g/mol. The smallest absolute Gasteiger partial charge is 0.0201 e. The number of hydrogen-bond acceptors (Lipinski definition) is 0. The minimum atomic E-state index is 0.271. The topological polar surface area (TPSA) is 0 Å². The summed E-state index contributed by atoms with van der Waals surface area (Å²) >= 11 is 0. The lowest BCUT2D eigenvalue weighted by Crippen LogP contribution is -2.21. The first-order chi connectivity index (χ1) is 14.9. The van der Waals surface area contributed by atoms with Crippen LogP contribution in [0.25, 0.3) is 5.57 Å². The zero-order chi connectivity index (χ0) is 22.1. The Kier molecular flexibility index (Phi) is 6.01. The van der Waals surface area contributed by atoms with E-state index < -0.39 is 0 Å². The Bertz CT molecular complexity index is 1110. The van der Waals surface area contributed by atoms with Crippen molar-refractivity contribution < 1.29 is 0 Å². The number of allylic oxidation sites excluding steroid dienone is 13. The second-order valence-corrected chi connectivity index (χ2v) is 9.28.